The van der Waals surface area contributed by atoms with Crippen molar-refractivity contribution in [1.29, 1.82) is 0 Å². The lowest BCUT2D eigenvalue weighted by Crippen LogP contribution is -2.30. The van der Waals surface area contributed by atoms with Gasteiger partial charge >= 0.3 is 0 Å². The maximum Gasteiger partial charge on any atom is 0.294 e. The van der Waals surface area contributed by atoms with Crippen molar-refractivity contribution in [2.24, 2.45) is 0 Å². The van der Waals surface area contributed by atoms with Gasteiger partial charge in [0.2, 0.25) is 11.6 Å². The number of hydrogen-bond donors (Lipinski definition) is 4. The van der Waals surface area contributed by atoms with E-state index in [1.807, 2.05) is 25.7 Å². The van der Waals surface area contributed by atoms with E-state index in [1.165, 1.54) is 30.3 Å². The molecule has 1 amide bonds. The molecule has 0 fully saturated rings. The summed E-state index contributed by atoms with van der Waals surface area (Å²) in [5.41, 5.74) is 1.59. The molecule has 318 valence electrons. The van der Waals surface area contributed by atoms with Gasteiger partial charge in [0, 0.05) is 53.9 Å². The monoisotopic (exact) mass is 883 g/mol. The number of nitrogens with zero attached hydrogens (tertiary/aromatic N) is 2. The van der Waals surface area contributed by atoms with Gasteiger partial charge in [-0.05, 0) is 88.4 Å². The van der Waals surface area contributed by atoms with Gasteiger partial charge in [-0.25, -0.2) is 8.42 Å². The smallest absolute Gasteiger partial charge is 0.294 e. The summed E-state index contributed by atoms with van der Waals surface area (Å²) in [4.78, 5) is 13.3. The normalized spacial score (nSPS) is 18.8. The maximum absolute atomic E-state index is 12.2. The van der Waals surface area contributed by atoms with Gasteiger partial charge in [-0.15, -0.1) is 6.42 Å². The molecule has 4 N–H and O–H groups in total. The molecule has 2 aromatic rings. The van der Waals surface area contributed by atoms with E-state index in [4.69, 9.17) is 6.42 Å². The van der Waals surface area contributed by atoms with Crippen molar-refractivity contribution in [2.75, 3.05) is 36.0 Å². The molecule has 0 aliphatic carbocycles. The molecule has 58 heavy (non-hydrogen) atoms. The summed E-state index contributed by atoms with van der Waals surface area (Å²) in [5.74, 6) is 1.13. The second-order valence-corrected chi connectivity index (χ2v) is 21.0. The Morgan fingerprint density at radius 2 is 1.50 bits per heavy atom. The molecule has 0 aromatic heterocycles. The Morgan fingerprint density at radius 3 is 2.12 bits per heavy atom. The lowest BCUT2D eigenvalue weighted by molar-refractivity contribution is -0.437. The van der Waals surface area contributed by atoms with Crippen molar-refractivity contribution in [1.82, 2.24) is 5.32 Å². The van der Waals surface area contributed by atoms with E-state index in [0.717, 1.165) is 0 Å². The highest BCUT2D eigenvalue weighted by atomic mass is 32.2. The molecule has 2 aromatic carbocycles. The van der Waals surface area contributed by atoms with E-state index in [9.17, 15) is 56.7 Å². The minimum atomic E-state index is -4.88. The Labute approximate surface area is 341 Å². The number of hydrogen-bond acceptors (Lipinski definition) is 11. The summed E-state index contributed by atoms with van der Waals surface area (Å²) in [6.07, 6.45) is 13.2. The Kier molecular flexibility index (Phi) is 14.6. The Bertz CT molecular complexity index is 2500. The van der Waals surface area contributed by atoms with Crippen LogP contribution in [-0.2, 0) is 56.1 Å². The molecular formula is C38H49N3O13S4. The second-order valence-electron chi connectivity index (χ2n) is 15.0. The number of nitrogens with one attached hydrogen (secondary N) is 1. The molecule has 0 bridgehead atoms. The average Bonchev–Trinajstić information content (AvgIpc) is 3.46. The van der Waals surface area contributed by atoms with Gasteiger partial charge in [-0.3, -0.25) is 18.5 Å². The van der Waals surface area contributed by atoms with Gasteiger partial charge < -0.3 is 14.8 Å². The standard InChI is InChI=1S/C38H49N3O13S4/c1-5-21-39-36(42)15-7-6-9-22-41-33-19-17-29(58(52,53)54)27-31(33)38(4,20-8-10-24-55(43,44)45)35(41)14-11-13-34-37(2,3)30-26-28(57(49,50)51)16-18-32(30)40(34)23-12-25-56(46,47)48/h1,11,13-14,16-19,26-27H,6-10,12,15,20-25H2,2-4H3,(H4-,39,42,43,44,45,46,47,48,49,50,51,52,53,54). The van der Waals surface area contributed by atoms with Crippen LogP contribution >= 0.6 is 0 Å². The number of benzene rings is 2. The molecule has 4 rings (SSSR count). The van der Waals surface area contributed by atoms with Crippen molar-refractivity contribution in [3.63, 3.8) is 0 Å². The lowest BCUT2D eigenvalue weighted by atomic mass is 9.77. The van der Waals surface area contributed by atoms with Crippen LogP contribution in [0.15, 0.2) is 70.1 Å². The Hall–Kier alpha value is -3.94. The molecule has 2 aliphatic rings. The Balaban J connectivity index is 1.83. The van der Waals surface area contributed by atoms with Crippen LogP contribution < -0.4 is 10.2 Å². The van der Waals surface area contributed by atoms with Gasteiger partial charge in [0.1, 0.15) is 16.7 Å². The number of anilines is 1. The van der Waals surface area contributed by atoms with Crippen LogP contribution in [0.2, 0.25) is 0 Å². The van der Waals surface area contributed by atoms with Crippen LogP contribution in [0.25, 0.3) is 0 Å². The zero-order chi connectivity index (χ0) is 43.3. The molecule has 0 saturated heterocycles. The third kappa shape index (κ3) is 11.6. The number of allylic oxidation sites excluding steroid dienone is 4. The molecule has 0 spiro atoms. The zero-order valence-electron chi connectivity index (χ0n) is 32.4. The number of terminal acetylenes is 1. The first-order valence-corrected chi connectivity index (χ1v) is 24.5. The van der Waals surface area contributed by atoms with E-state index in [-0.39, 0.29) is 56.0 Å². The quantitative estimate of drug-likeness (QED) is 0.0633. The average molecular weight is 884 g/mol. The minimum absolute atomic E-state index is 0.00801. The molecule has 2 aliphatic heterocycles. The zero-order valence-corrected chi connectivity index (χ0v) is 35.7. The third-order valence-electron chi connectivity index (χ3n) is 10.5. The van der Waals surface area contributed by atoms with Crippen molar-refractivity contribution in [2.45, 2.75) is 92.8 Å². The van der Waals surface area contributed by atoms with Crippen LogP contribution in [0, 0.1) is 12.3 Å². The van der Waals surface area contributed by atoms with E-state index in [1.54, 1.807) is 28.9 Å². The fourth-order valence-corrected chi connectivity index (χ4v) is 9.68. The molecule has 16 nitrogen and oxygen atoms in total. The molecule has 2 heterocycles. The predicted molar refractivity (Wildman–Crippen MR) is 217 cm³/mol. The van der Waals surface area contributed by atoms with Crippen LogP contribution in [0.3, 0.4) is 0 Å². The molecule has 1 atom stereocenters. The summed E-state index contributed by atoms with van der Waals surface area (Å²) < 4.78 is 138. The highest BCUT2D eigenvalue weighted by Crippen LogP contribution is 2.51. The molecular weight excluding hydrogens is 835 g/mol. The van der Waals surface area contributed by atoms with Gasteiger partial charge in [0.15, 0.2) is 5.71 Å². The fourth-order valence-electron chi connectivity index (χ4n) is 7.62. The predicted octanol–water partition coefficient (Wildman–Crippen LogP) is 4.08. The molecule has 0 saturated carbocycles. The lowest BCUT2D eigenvalue weighted by Gasteiger charge is -2.30. The highest BCUT2D eigenvalue weighted by Gasteiger charge is 2.46. The first-order valence-electron chi connectivity index (χ1n) is 18.4. The molecule has 0 radical (unpaired) electrons. The van der Waals surface area contributed by atoms with Gasteiger partial charge in [0.25, 0.3) is 30.4 Å². The first-order chi connectivity index (χ1) is 26.8. The maximum atomic E-state index is 12.2. The molecule has 20 heteroatoms. The van der Waals surface area contributed by atoms with Crippen LogP contribution in [0.4, 0.5) is 11.4 Å². The number of fused-ring (bicyclic) bond motifs is 2. The summed E-state index contributed by atoms with van der Waals surface area (Å²) in [6, 6.07) is 8.18. The largest absolute Gasteiger partial charge is 0.744 e. The van der Waals surface area contributed by atoms with Crippen LogP contribution in [0.5, 0.6) is 0 Å². The van der Waals surface area contributed by atoms with Crippen LogP contribution in [0.1, 0.15) is 83.3 Å². The van der Waals surface area contributed by atoms with E-state index in [0.29, 0.717) is 59.7 Å². The second kappa shape index (κ2) is 18.1. The summed E-state index contributed by atoms with van der Waals surface area (Å²) in [6.45, 7) is 6.11. The summed E-state index contributed by atoms with van der Waals surface area (Å²) >= 11 is 0. The van der Waals surface area contributed by atoms with Crippen molar-refractivity contribution >= 4 is 63.5 Å². The topological polar surface area (TPSA) is 256 Å². The summed E-state index contributed by atoms with van der Waals surface area (Å²) in [7, 11) is -18.0. The number of amides is 1. The minimum Gasteiger partial charge on any atom is -0.744 e. The van der Waals surface area contributed by atoms with Gasteiger partial charge in [-0.1, -0.05) is 24.8 Å². The van der Waals surface area contributed by atoms with Crippen molar-refractivity contribution in [3.8, 4) is 12.3 Å². The van der Waals surface area contributed by atoms with Crippen LogP contribution in [-0.4, -0.2) is 99.2 Å². The van der Waals surface area contributed by atoms with Gasteiger partial charge in [0.05, 0.1) is 33.3 Å². The number of unbranched alkanes of at least 4 members (excludes halogenated alkanes) is 3. The van der Waals surface area contributed by atoms with Crippen molar-refractivity contribution in [3.05, 3.63) is 71.5 Å². The van der Waals surface area contributed by atoms with Gasteiger partial charge in [-0.2, -0.15) is 29.8 Å². The van der Waals surface area contributed by atoms with E-state index >= 15 is 0 Å². The Morgan fingerprint density at radius 1 is 0.862 bits per heavy atom. The number of carbonyl (C=O) groups excluding carboxylic acids is 1. The first kappa shape index (κ1) is 46.7. The van der Waals surface area contributed by atoms with E-state index in [2.05, 4.69) is 11.2 Å². The summed E-state index contributed by atoms with van der Waals surface area (Å²) in [5, 5.41) is 2.62. The van der Waals surface area contributed by atoms with E-state index < -0.39 is 67.7 Å². The SMILES string of the molecule is C#CCNC(=O)CCCCCN1C(=CC=CC2=[N+](CCCS(=O)(=O)O)c3ccc(S(=O)(=O)O)cc3C2(C)C)C(C)(CCCCS(=O)(=O)O)c2cc(S(=O)(=O)[O-])ccc21. The fraction of sp³-hybridized carbons (Fsp3) is 0.474. The number of carbonyl (C=O) groups is 1. The molecule has 1 unspecified atom stereocenters. The van der Waals surface area contributed by atoms with Crippen molar-refractivity contribution < 1.29 is 61.3 Å². The third-order valence-corrected chi connectivity index (χ3v) is 13.7. The number of rotatable bonds is 20. The highest BCUT2D eigenvalue weighted by molar-refractivity contribution is 7.86.